The number of rotatable bonds is 5. The van der Waals surface area contributed by atoms with Crippen molar-refractivity contribution in [2.75, 3.05) is 5.32 Å². The molecule has 23 heavy (non-hydrogen) atoms. The van der Waals surface area contributed by atoms with Gasteiger partial charge in [0.25, 0.3) is 5.91 Å². The second-order valence-electron chi connectivity index (χ2n) is 5.14. The van der Waals surface area contributed by atoms with Crippen LogP contribution in [0.2, 0.25) is 0 Å². The first-order chi connectivity index (χ1) is 11.2. The average Bonchev–Trinajstić information content (AvgIpc) is 3.15. The van der Waals surface area contributed by atoms with Crippen LogP contribution in [-0.2, 0) is 13.1 Å². The van der Waals surface area contributed by atoms with Gasteiger partial charge in [-0.3, -0.25) is 4.79 Å². The topological polar surface area (TPSA) is 51.9 Å². The highest BCUT2D eigenvalue weighted by Gasteiger charge is 2.14. The molecule has 3 rings (SSSR count). The monoisotopic (exact) mass is 372 g/mol. The van der Waals surface area contributed by atoms with Crippen LogP contribution in [0.3, 0.4) is 0 Å². The van der Waals surface area contributed by atoms with E-state index in [1.165, 1.54) is 0 Å². The number of hydrogen-bond acceptors (Lipinski definition) is 2. The Morgan fingerprint density at radius 3 is 2.78 bits per heavy atom. The van der Waals surface area contributed by atoms with Gasteiger partial charge in [-0.15, -0.1) is 0 Å². The maximum atomic E-state index is 12.5. The number of aromatic nitrogens is 3. The van der Waals surface area contributed by atoms with Gasteiger partial charge in [0.15, 0.2) is 0 Å². The molecule has 0 aliphatic carbocycles. The Kier molecular flexibility index (Phi) is 4.62. The van der Waals surface area contributed by atoms with Gasteiger partial charge >= 0.3 is 0 Å². The Balaban J connectivity index is 1.78. The molecule has 0 aliphatic heterocycles. The molecule has 1 aromatic carbocycles. The van der Waals surface area contributed by atoms with Crippen LogP contribution in [0.15, 0.2) is 59.3 Å². The van der Waals surface area contributed by atoms with E-state index < -0.39 is 0 Å². The standard InChI is InChI=1S/C17H17BrN4O/c1-2-21-12-14(18)10-15(21)17(23)20-16-8-9-19-22(16)11-13-6-4-3-5-7-13/h3-10,12H,2,11H2,1H3,(H,20,23). The van der Waals surface area contributed by atoms with Gasteiger partial charge in [-0.1, -0.05) is 30.3 Å². The SMILES string of the molecule is CCn1cc(Br)cc1C(=O)Nc1ccnn1Cc1ccccc1. The van der Waals surface area contributed by atoms with Crippen molar-refractivity contribution >= 4 is 27.7 Å². The van der Waals surface area contributed by atoms with E-state index >= 15 is 0 Å². The Hall–Kier alpha value is -2.34. The minimum absolute atomic E-state index is 0.146. The summed E-state index contributed by atoms with van der Waals surface area (Å²) in [7, 11) is 0. The van der Waals surface area contributed by atoms with Gasteiger partial charge in [-0.05, 0) is 34.5 Å². The van der Waals surface area contributed by atoms with Crippen LogP contribution in [0.25, 0.3) is 0 Å². The molecule has 0 atom stereocenters. The summed E-state index contributed by atoms with van der Waals surface area (Å²) in [5.41, 5.74) is 1.75. The maximum absolute atomic E-state index is 12.5. The minimum atomic E-state index is -0.146. The third-order valence-corrected chi connectivity index (χ3v) is 4.00. The van der Waals surface area contributed by atoms with Gasteiger partial charge in [0.2, 0.25) is 0 Å². The first kappa shape index (κ1) is 15.6. The molecule has 2 aromatic heterocycles. The fourth-order valence-corrected chi connectivity index (χ4v) is 2.89. The zero-order valence-electron chi connectivity index (χ0n) is 12.7. The average molecular weight is 373 g/mol. The van der Waals surface area contributed by atoms with Crippen LogP contribution >= 0.6 is 15.9 Å². The molecular formula is C17H17BrN4O. The quantitative estimate of drug-likeness (QED) is 0.740. The number of nitrogens with zero attached hydrogens (tertiary/aromatic N) is 3. The summed E-state index contributed by atoms with van der Waals surface area (Å²) in [6, 6.07) is 13.6. The lowest BCUT2D eigenvalue weighted by Crippen LogP contribution is -2.19. The molecule has 118 valence electrons. The van der Waals surface area contributed by atoms with E-state index in [-0.39, 0.29) is 5.91 Å². The van der Waals surface area contributed by atoms with Crippen LogP contribution < -0.4 is 5.32 Å². The number of halogens is 1. The molecule has 0 spiro atoms. The van der Waals surface area contributed by atoms with Crippen molar-refractivity contribution in [2.24, 2.45) is 0 Å². The Morgan fingerprint density at radius 2 is 2.04 bits per heavy atom. The zero-order valence-corrected chi connectivity index (χ0v) is 14.3. The van der Waals surface area contributed by atoms with Gasteiger partial charge in [-0.25, -0.2) is 4.68 Å². The molecule has 1 N–H and O–H groups in total. The molecule has 0 fully saturated rings. The maximum Gasteiger partial charge on any atom is 0.273 e. The normalized spacial score (nSPS) is 10.7. The van der Waals surface area contributed by atoms with Crippen molar-refractivity contribution in [1.82, 2.24) is 14.3 Å². The molecule has 0 radical (unpaired) electrons. The van der Waals surface area contributed by atoms with Crippen LogP contribution in [0.4, 0.5) is 5.82 Å². The number of nitrogens with one attached hydrogen (secondary N) is 1. The number of carbonyl (C=O) groups excluding carboxylic acids is 1. The number of aryl methyl sites for hydroxylation is 1. The fraction of sp³-hybridized carbons (Fsp3) is 0.176. The molecule has 0 saturated carbocycles. The first-order valence-electron chi connectivity index (χ1n) is 7.40. The van der Waals surface area contributed by atoms with Crippen LogP contribution in [0.5, 0.6) is 0 Å². The van der Waals surface area contributed by atoms with Crippen LogP contribution in [0, 0.1) is 0 Å². The molecule has 0 saturated heterocycles. The number of benzene rings is 1. The first-order valence-corrected chi connectivity index (χ1v) is 8.19. The van der Waals surface area contributed by atoms with Gasteiger partial charge in [-0.2, -0.15) is 5.10 Å². The molecule has 1 amide bonds. The highest BCUT2D eigenvalue weighted by Crippen LogP contribution is 2.17. The van der Waals surface area contributed by atoms with Crippen molar-refractivity contribution < 1.29 is 4.79 Å². The molecule has 5 nitrogen and oxygen atoms in total. The summed E-state index contributed by atoms with van der Waals surface area (Å²) < 4.78 is 4.57. The minimum Gasteiger partial charge on any atom is -0.343 e. The fourth-order valence-electron chi connectivity index (χ4n) is 2.43. The van der Waals surface area contributed by atoms with Gasteiger partial charge < -0.3 is 9.88 Å². The van der Waals surface area contributed by atoms with E-state index in [2.05, 4.69) is 26.3 Å². The molecule has 0 aliphatic rings. The number of hydrogen-bond donors (Lipinski definition) is 1. The van der Waals surface area contributed by atoms with E-state index in [4.69, 9.17) is 0 Å². The lowest BCUT2D eigenvalue weighted by Gasteiger charge is -2.10. The second-order valence-corrected chi connectivity index (χ2v) is 6.06. The van der Waals surface area contributed by atoms with E-state index in [1.54, 1.807) is 16.9 Å². The lowest BCUT2D eigenvalue weighted by atomic mass is 10.2. The molecule has 0 bridgehead atoms. The molecule has 0 unspecified atom stereocenters. The van der Waals surface area contributed by atoms with Gasteiger partial charge in [0.1, 0.15) is 11.5 Å². The van der Waals surface area contributed by atoms with Crippen molar-refractivity contribution in [3.8, 4) is 0 Å². The molecule has 3 aromatic rings. The predicted molar refractivity (Wildman–Crippen MR) is 93.5 cm³/mol. The smallest absolute Gasteiger partial charge is 0.273 e. The highest BCUT2D eigenvalue weighted by molar-refractivity contribution is 9.10. The third kappa shape index (κ3) is 3.53. The van der Waals surface area contributed by atoms with Gasteiger partial charge in [0, 0.05) is 23.3 Å². The number of amides is 1. The summed E-state index contributed by atoms with van der Waals surface area (Å²) >= 11 is 3.41. The highest BCUT2D eigenvalue weighted by atomic mass is 79.9. The van der Waals surface area contributed by atoms with Crippen molar-refractivity contribution in [1.29, 1.82) is 0 Å². The zero-order chi connectivity index (χ0) is 16.2. The largest absolute Gasteiger partial charge is 0.343 e. The van der Waals surface area contributed by atoms with Crippen molar-refractivity contribution in [3.05, 3.63) is 70.6 Å². The van der Waals surface area contributed by atoms with Crippen LogP contribution in [-0.4, -0.2) is 20.3 Å². The van der Waals surface area contributed by atoms with Crippen LogP contribution in [0.1, 0.15) is 23.0 Å². The summed E-state index contributed by atoms with van der Waals surface area (Å²) in [4.78, 5) is 12.5. The summed E-state index contributed by atoms with van der Waals surface area (Å²) in [6.07, 6.45) is 3.59. The van der Waals surface area contributed by atoms with E-state index in [9.17, 15) is 4.79 Å². The Bertz CT molecular complexity index is 807. The number of carbonyl (C=O) groups is 1. The third-order valence-electron chi connectivity index (χ3n) is 3.57. The summed E-state index contributed by atoms with van der Waals surface area (Å²) in [5, 5.41) is 7.23. The van der Waals surface area contributed by atoms with Crippen molar-refractivity contribution in [2.45, 2.75) is 20.0 Å². The van der Waals surface area contributed by atoms with E-state index in [1.807, 2.05) is 54.1 Å². The summed E-state index contributed by atoms with van der Waals surface area (Å²) in [5.74, 6) is 0.534. The summed E-state index contributed by atoms with van der Waals surface area (Å²) in [6.45, 7) is 3.35. The van der Waals surface area contributed by atoms with Crippen molar-refractivity contribution in [3.63, 3.8) is 0 Å². The molecule has 6 heteroatoms. The molecular weight excluding hydrogens is 356 g/mol. The van der Waals surface area contributed by atoms with E-state index in [0.717, 1.165) is 16.6 Å². The van der Waals surface area contributed by atoms with E-state index in [0.29, 0.717) is 18.1 Å². The molecule has 2 heterocycles. The second kappa shape index (κ2) is 6.83. The van der Waals surface area contributed by atoms with Gasteiger partial charge in [0.05, 0.1) is 12.7 Å². The Labute approximate surface area is 143 Å². The Morgan fingerprint density at radius 1 is 1.26 bits per heavy atom. The number of anilines is 1. The lowest BCUT2D eigenvalue weighted by molar-refractivity contribution is 0.101. The predicted octanol–water partition coefficient (Wildman–Crippen LogP) is 3.77.